The fraction of sp³-hybridized carbons (Fsp3) is 0.429. The lowest BCUT2D eigenvalue weighted by Crippen LogP contribution is -2.05. The van der Waals surface area contributed by atoms with E-state index < -0.39 is 0 Å². The van der Waals surface area contributed by atoms with Gasteiger partial charge in [-0.3, -0.25) is 19.9 Å². The first kappa shape index (κ1) is 42.0. The van der Waals surface area contributed by atoms with Crippen LogP contribution >= 0.6 is 0 Å². The van der Waals surface area contributed by atoms with Crippen molar-refractivity contribution in [3.8, 4) is 0 Å². The lowest BCUT2D eigenvalue weighted by molar-refractivity contribution is 0.443. The average molecular weight is 821 g/mol. The molecule has 4 fully saturated rings. The summed E-state index contributed by atoms with van der Waals surface area (Å²) in [4.78, 5) is 30.2. The van der Waals surface area contributed by atoms with Crippen molar-refractivity contribution in [3.63, 3.8) is 0 Å². The van der Waals surface area contributed by atoms with Gasteiger partial charge in [0.1, 0.15) is 0 Å². The van der Waals surface area contributed by atoms with E-state index in [0.29, 0.717) is 23.7 Å². The fourth-order valence-corrected chi connectivity index (χ4v) is 10.4. The summed E-state index contributed by atoms with van der Waals surface area (Å²) in [5.74, 6) is 2.50. The molecule has 9 rings (SSSR count). The van der Waals surface area contributed by atoms with Crippen LogP contribution in [0.15, 0.2) is 73.3 Å². The van der Waals surface area contributed by atoms with Crippen molar-refractivity contribution in [1.29, 1.82) is 0 Å². The molecule has 4 aliphatic rings. The second-order valence-corrected chi connectivity index (χ2v) is 18.5. The van der Waals surface area contributed by atoms with Crippen molar-refractivity contribution in [2.45, 2.75) is 152 Å². The molecule has 0 amide bonds. The molecule has 0 unspecified atom stereocenters. The standard InChI is InChI=1S/C56H64N6/c1-5-13-41(14-6-1)45-21-25-49(57-37-45)29-33-53-54(34-30-50-26-22-46(38-58-50)42-15-7-2-8-16-42)62-56(36-32-52-28-24-48(40-60-52)44-19-11-4-12-20-44)55(61-53)35-31-51-27-23-47(39-59-51)43-17-9-3-10-18-43/h21-44H,1-20H2. The molecule has 0 N–H and O–H groups in total. The Kier molecular flexibility index (Phi) is 14.3. The zero-order valence-corrected chi connectivity index (χ0v) is 36.7. The molecular weight excluding hydrogens is 757 g/mol. The van der Waals surface area contributed by atoms with Crippen LogP contribution < -0.4 is 0 Å². The van der Waals surface area contributed by atoms with E-state index in [9.17, 15) is 0 Å². The quantitative estimate of drug-likeness (QED) is 0.125. The van der Waals surface area contributed by atoms with E-state index in [2.05, 4.69) is 122 Å². The number of pyridine rings is 4. The van der Waals surface area contributed by atoms with Crippen LogP contribution in [-0.4, -0.2) is 29.9 Å². The highest BCUT2D eigenvalue weighted by Crippen LogP contribution is 2.35. The summed E-state index contributed by atoms with van der Waals surface area (Å²) in [6.45, 7) is 0. The van der Waals surface area contributed by atoms with E-state index in [1.807, 2.05) is 0 Å². The summed E-state index contributed by atoms with van der Waals surface area (Å²) in [7, 11) is 0. The van der Waals surface area contributed by atoms with Gasteiger partial charge in [0.05, 0.1) is 45.6 Å². The molecule has 6 heteroatoms. The Morgan fingerprint density at radius 1 is 0.274 bits per heavy atom. The van der Waals surface area contributed by atoms with Crippen LogP contribution in [-0.2, 0) is 0 Å². The number of hydrogen-bond donors (Lipinski definition) is 0. The van der Waals surface area contributed by atoms with Gasteiger partial charge in [0.2, 0.25) is 0 Å². The molecule has 0 aliphatic heterocycles. The second-order valence-electron chi connectivity index (χ2n) is 18.5. The Morgan fingerprint density at radius 2 is 0.500 bits per heavy atom. The van der Waals surface area contributed by atoms with Crippen molar-refractivity contribution >= 4 is 48.6 Å². The van der Waals surface area contributed by atoms with Gasteiger partial charge in [0, 0.05) is 24.8 Å². The summed E-state index contributed by atoms with van der Waals surface area (Å²) in [6, 6.07) is 17.7. The molecule has 318 valence electrons. The minimum Gasteiger partial charge on any atom is -0.257 e. The van der Waals surface area contributed by atoms with Crippen LogP contribution in [0.4, 0.5) is 0 Å². The molecule has 0 saturated heterocycles. The van der Waals surface area contributed by atoms with E-state index in [1.54, 1.807) is 0 Å². The Balaban J connectivity index is 1.05. The first-order chi connectivity index (χ1) is 30.7. The van der Waals surface area contributed by atoms with Gasteiger partial charge in [-0.05, 0) is 170 Å². The molecule has 0 radical (unpaired) electrons. The van der Waals surface area contributed by atoms with Crippen molar-refractivity contribution < 1.29 is 0 Å². The molecule has 0 spiro atoms. The van der Waals surface area contributed by atoms with Gasteiger partial charge in [0.15, 0.2) is 0 Å². The van der Waals surface area contributed by atoms with Crippen molar-refractivity contribution in [1.82, 2.24) is 29.9 Å². The maximum atomic E-state index is 5.32. The smallest absolute Gasteiger partial charge is 0.0895 e. The zero-order chi connectivity index (χ0) is 41.8. The van der Waals surface area contributed by atoms with Crippen LogP contribution in [0.1, 0.15) is 220 Å². The molecule has 5 aromatic rings. The summed E-state index contributed by atoms with van der Waals surface area (Å²) >= 11 is 0. The van der Waals surface area contributed by atoms with Gasteiger partial charge in [-0.15, -0.1) is 0 Å². The van der Waals surface area contributed by atoms with Gasteiger partial charge >= 0.3 is 0 Å². The lowest BCUT2D eigenvalue weighted by Gasteiger charge is -2.21. The maximum absolute atomic E-state index is 5.32. The molecule has 62 heavy (non-hydrogen) atoms. The zero-order valence-electron chi connectivity index (χ0n) is 36.7. The van der Waals surface area contributed by atoms with Crippen LogP contribution in [0.25, 0.3) is 48.6 Å². The predicted molar refractivity (Wildman–Crippen MR) is 258 cm³/mol. The highest BCUT2D eigenvalue weighted by atomic mass is 14.8. The minimum absolute atomic E-state index is 0.625. The third-order valence-electron chi connectivity index (χ3n) is 14.2. The first-order valence-corrected chi connectivity index (χ1v) is 24.2. The van der Waals surface area contributed by atoms with Gasteiger partial charge < -0.3 is 0 Å². The summed E-state index contributed by atoms with van der Waals surface area (Å²) in [5, 5.41) is 0. The van der Waals surface area contributed by atoms with Crippen LogP contribution in [0, 0.1) is 0 Å². The highest BCUT2D eigenvalue weighted by molar-refractivity contribution is 5.80. The van der Waals surface area contributed by atoms with Crippen molar-refractivity contribution in [3.05, 3.63) is 141 Å². The van der Waals surface area contributed by atoms with Crippen LogP contribution in [0.3, 0.4) is 0 Å². The summed E-state index contributed by atoms with van der Waals surface area (Å²) in [6.07, 6.45) is 50.8. The fourth-order valence-electron chi connectivity index (χ4n) is 10.4. The average Bonchev–Trinajstić information content (AvgIpc) is 3.36. The van der Waals surface area contributed by atoms with E-state index >= 15 is 0 Å². The number of hydrogen-bond acceptors (Lipinski definition) is 6. The molecule has 0 bridgehead atoms. The third kappa shape index (κ3) is 11.2. The van der Waals surface area contributed by atoms with Gasteiger partial charge in [-0.25, -0.2) is 9.97 Å². The normalized spacial score (nSPS) is 19.1. The predicted octanol–water partition coefficient (Wildman–Crippen LogP) is 14.9. The van der Waals surface area contributed by atoms with Crippen molar-refractivity contribution in [2.75, 3.05) is 0 Å². The number of nitrogens with zero attached hydrogens (tertiary/aromatic N) is 6. The van der Waals surface area contributed by atoms with Gasteiger partial charge in [-0.2, -0.15) is 0 Å². The molecule has 4 saturated carbocycles. The third-order valence-corrected chi connectivity index (χ3v) is 14.2. The molecule has 0 atom stereocenters. The Morgan fingerprint density at radius 3 is 0.694 bits per heavy atom. The van der Waals surface area contributed by atoms with Gasteiger partial charge in [0.25, 0.3) is 0 Å². The monoisotopic (exact) mass is 821 g/mol. The largest absolute Gasteiger partial charge is 0.257 e. The Labute approximate surface area is 370 Å². The molecule has 0 aromatic carbocycles. The summed E-state index contributed by atoms with van der Waals surface area (Å²) in [5.41, 5.74) is 12.1. The first-order valence-electron chi connectivity index (χ1n) is 24.2. The Bertz CT molecular complexity index is 1970. The SMILES string of the molecule is C(=Cc1nc(C=Cc2ccc(C3CCCCC3)cn2)c(C=Cc2ccc(C3CCCCC3)cn2)nc1C=Cc1ccc(C2CCCCC2)cn1)c1ccc(C2CCCCC2)cn1. The van der Waals surface area contributed by atoms with Crippen molar-refractivity contribution in [2.24, 2.45) is 0 Å². The topological polar surface area (TPSA) is 77.3 Å². The van der Waals surface area contributed by atoms with Gasteiger partial charge in [-0.1, -0.05) is 101 Å². The number of rotatable bonds is 12. The molecular formula is C56H64N6. The molecule has 5 heterocycles. The van der Waals surface area contributed by atoms with Crippen LogP contribution in [0.2, 0.25) is 0 Å². The molecule has 5 aromatic heterocycles. The lowest BCUT2D eigenvalue weighted by atomic mass is 9.85. The molecule has 4 aliphatic carbocycles. The summed E-state index contributed by atoms with van der Waals surface area (Å²) < 4.78 is 0. The number of aromatic nitrogens is 6. The van der Waals surface area contributed by atoms with E-state index in [1.165, 1.54) is 151 Å². The maximum Gasteiger partial charge on any atom is 0.0895 e. The van der Waals surface area contributed by atoms with Crippen LogP contribution in [0.5, 0.6) is 0 Å². The molecule has 6 nitrogen and oxygen atoms in total. The van der Waals surface area contributed by atoms with E-state index in [4.69, 9.17) is 29.9 Å². The highest BCUT2D eigenvalue weighted by Gasteiger charge is 2.19. The minimum atomic E-state index is 0.625. The van der Waals surface area contributed by atoms with E-state index in [0.717, 1.165) is 45.6 Å². The van der Waals surface area contributed by atoms with E-state index in [-0.39, 0.29) is 0 Å². The Hall–Kier alpha value is -5.36. The second kappa shape index (κ2) is 21.1.